The maximum atomic E-state index is 2.17. The number of rotatable bonds is 3. The first kappa shape index (κ1) is 14.3. The molecular formula is C20H22. The van der Waals surface area contributed by atoms with Gasteiger partial charge in [0, 0.05) is 0 Å². The van der Waals surface area contributed by atoms with Gasteiger partial charge in [-0.15, -0.1) is 0 Å². The van der Waals surface area contributed by atoms with E-state index in [0.29, 0.717) is 0 Å². The normalized spacial score (nSPS) is 11.6. The Morgan fingerprint density at radius 1 is 0.600 bits per heavy atom. The second-order valence-electron chi connectivity index (χ2n) is 5.30. The van der Waals surface area contributed by atoms with E-state index >= 15 is 0 Å². The monoisotopic (exact) mass is 262 g/mol. The van der Waals surface area contributed by atoms with Crippen molar-refractivity contribution in [3.63, 3.8) is 0 Å². The maximum absolute atomic E-state index is 2.17. The van der Waals surface area contributed by atoms with Crippen molar-refractivity contribution in [3.8, 4) is 0 Å². The molecule has 2 aromatic rings. The Bertz CT molecular complexity index is 598. The van der Waals surface area contributed by atoms with Gasteiger partial charge in [-0.3, -0.25) is 0 Å². The quantitative estimate of drug-likeness (QED) is 0.627. The Kier molecular flexibility index (Phi) is 4.57. The maximum Gasteiger partial charge on any atom is -0.0225 e. The zero-order valence-corrected chi connectivity index (χ0v) is 12.8. The third-order valence-electron chi connectivity index (χ3n) is 3.96. The highest BCUT2D eigenvalue weighted by molar-refractivity contribution is 5.61. The van der Waals surface area contributed by atoms with Gasteiger partial charge in [0.1, 0.15) is 0 Å². The predicted octanol–water partition coefficient (Wildman–Crippen LogP) is 5.65. The molecule has 0 unspecified atom stereocenters. The van der Waals surface area contributed by atoms with Crippen molar-refractivity contribution in [2.45, 2.75) is 27.7 Å². The molecule has 0 N–H and O–H groups in total. The lowest BCUT2D eigenvalue weighted by atomic mass is 10.0. The van der Waals surface area contributed by atoms with Crippen molar-refractivity contribution < 1.29 is 0 Å². The van der Waals surface area contributed by atoms with Gasteiger partial charge in [0.25, 0.3) is 0 Å². The molecule has 0 amide bonds. The van der Waals surface area contributed by atoms with E-state index in [2.05, 4.69) is 88.4 Å². The van der Waals surface area contributed by atoms with Crippen LogP contribution in [-0.2, 0) is 0 Å². The third-order valence-corrected chi connectivity index (χ3v) is 3.96. The molecule has 0 atom stereocenters. The molecule has 0 aliphatic carbocycles. The summed E-state index contributed by atoms with van der Waals surface area (Å²) in [5, 5.41) is 0. The van der Waals surface area contributed by atoms with E-state index in [1.165, 1.54) is 33.4 Å². The fraction of sp³-hybridized carbons (Fsp3) is 0.200. The first-order valence-electron chi connectivity index (χ1n) is 7.07. The average molecular weight is 262 g/mol. The van der Waals surface area contributed by atoms with Crippen LogP contribution in [0.2, 0.25) is 0 Å². The van der Waals surface area contributed by atoms with Crippen LogP contribution in [0.4, 0.5) is 0 Å². The fourth-order valence-electron chi connectivity index (χ4n) is 2.23. The van der Waals surface area contributed by atoms with Crippen LogP contribution in [-0.4, -0.2) is 0 Å². The number of hydrogen-bond acceptors (Lipinski definition) is 0. The molecule has 0 nitrogen and oxygen atoms in total. The Hall–Kier alpha value is -2.08. The standard InChI is InChI=1S/C20H22/c1-15-9-7-13-19(17(15)3)11-5-6-12-20-14-8-10-16(2)18(20)4/h5-14H,1-4H3/b11-5+,12-6+. The van der Waals surface area contributed by atoms with Gasteiger partial charge < -0.3 is 0 Å². The first-order chi connectivity index (χ1) is 9.59. The van der Waals surface area contributed by atoms with Gasteiger partial charge in [-0.05, 0) is 61.1 Å². The Morgan fingerprint density at radius 3 is 1.40 bits per heavy atom. The van der Waals surface area contributed by atoms with Crippen LogP contribution in [0.15, 0.2) is 48.6 Å². The molecule has 2 rings (SSSR count). The fourth-order valence-corrected chi connectivity index (χ4v) is 2.23. The Labute approximate surface area is 122 Å². The first-order valence-corrected chi connectivity index (χ1v) is 7.07. The highest BCUT2D eigenvalue weighted by Crippen LogP contribution is 2.16. The molecule has 0 heteroatoms. The summed E-state index contributed by atoms with van der Waals surface area (Å²) in [7, 11) is 0. The van der Waals surface area contributed by atoms with Crippen LogP contribution >= 0.6 is 0 Å². The molecule has 20 heavy (non-hydrogen) atoms. The molecule has 0 fully saturated rings. The molecule has 0 spiro atoms. The number of hydrogen-bond donors (Lipinski definition) is 0. The number of allylic oxidation sites excluding steroid dienone is 2. The molecule has 0 saturated heterocycles. The molecule has 0 bridgehead atoms. The lowest BCUT2D eigenvalue weighted by Gasteiger charge is -2.03. The van der Waals surface area contributed by atoms with Gasteiger partial charge in [-0.25, -0.2) is 0 Å². The average Bonchev–Trinajstić information content (AvgIpc) is 2.43. The van der Waals surface area contributed by atoms with Crippen LogP contribution in [0.3, 0.4) is 0 Å². The minimum atomic E-state index is 1.29. The summed E-state index contributed by atoms with van der Waals surface area (Å²) in [5.74, 6) is 0. The minimum absolute atomic E-state index is 1.29. The summed E-state index contributed by atoms with van der Waals surface area (Å²) >= 11 is 0. The van der Waals surface area contributed by atoms with E-state index in [-0.39, 0.29) is 0 Å². The van der Waals surface area contributed by atoms with Crippen molar-refractivity contribution >= 4 is 12.2 Å². The topological polar surface area (TPSA) is 0 Å². The van der Waals surface area contributed by atoms with E-state index < -0.39 is 0 Å². The second kappa shape index (κ2) is 6.38. The van der Waals surface area contributed by atoms with Crippen LogP contribution in [0.1, 0.15) is 33.4 Å². The van der Waals surface area contributed by atoms with Gasteiger partial charge in [0.2, 0.25) is 0 Å². The van der Waals surface area contributed by atoms with Crippen LogP contribution in [0.5, 0.6) is 0 Å². The van der Waals surface area contributed by atoms with Crippen molar-refractivity contribution in [2.75, 3.05) is 0 Å². The lowest BCUT2D eigenvalue weighted by molar-refractivity contribution is 1.32. The molecule has 102 valence electrons. The second-order valence-corrected chi connectivity index (χ2v) is 5.30. The summed E-state index contributed by atoms with van der Waals surface area (Å²) in [6.45, 7) is 8.64. The molecule has 0 saturated carbocycles. The number of aryl methyl sites for hydroxylation is 2. The summed E-state index contributed by atoms with van der Waals surface area (Å²) in [4.78, 5) is 0. The predicted molar refractivity (Wildman–Crippen MR) is 89.9 cm³/mol. The highest BCUT2D eigenvalue weighted by Gasteiger charge is 1.96. The Balaban J connectivity index is 2.15. The van der Waals surface area contributed by atoms with Gasteiger partial charge in [0.15, 0.2) is 0 Å². The van der Waals surface area contributed by atoms with Gasteiger partial charge in [-0.1, -0.05) is 60.7 Å². The van der Waals surface area contributed by atoms with Crippen LogP contribution < -0.4 is 0 Å². The summed E-state index contributed by atoms with van der Waals surface area (Å²) in [6.07, 6.45) is 8.57. The Morgan fingerprint density at radius 2 is 1.00 bits per heavy atom. The lowest BCUT2D eigenvalue weighted by Crippen LogP contribution is -1.84. The zero-order valence-electron chi connectivity index (χ0n) is 12.8. The smallest absolute Gasteiger partial charge is 0.0225 e. The van der Waals surface area contributed by atoms with Crippen LogP contribution in [0.25, 0.3) is 12.2 Å². The highest BCUT2D eigenvalue weighted by atomic mass is 14.0. The van der Waals surface area contributed by atoms with E-state index in [1.54, 1.807) is 0 Å². The van der Waals surface area contributed by atoms with Gasteiger partial charge in [-0.2, -0.15) is 0 Å². The molecule has 0 aromatic heterocycles. The van der Waals surface area contributed by atoms with Crippen LogP contribution in [0, 0.1) is 27.7 Å². The van der Waals surface area contributed by atoms with Crippen molar-refractivity contribution in [1.82, 2.24) is 0 Å². The molecular weight excluding hydrogens is 240 g/mol. The molecule has 2 aromatic carbocycles. The molecule has 0 radical (unpaired) electrons. The van der Waals surface area contributed by atoms with E-state index in [4.69, 9.17) is 0 Å². The van der Waals surface area contributed by atoms with E-state index in [1.807, 2.05) is 0 Å². The zero-order chi connectivity index (χ0) is 14.5. The van der Waals surface area contributed by atoms with Crippen molar-refractivity contribution in [3.05, 3.63) is 81.9 Å². The van der Waals surface area contributed by atoms with E-state index in [0.717, 1.165) is 0 Å². The number of benzene rings is 2. The van der Waals surface area contributed by atoms with E-state index in [9.17, 15) is 0 Å². The largest absolute Gasteiger partial charge is 0.0616 e. The molecule has 0 aliphatic heterocycles. The molecule has 0 heterocycles. The SMILES string of the molecule is Cc1cccc(/C=C/C=C/c2cccc(C)c2C)c1C. The van der Waals surface area contributed by atoms with Gasteiger partial charge >= 0.3 is 0 Å². The van der Waals surface area contributed by atoms with Gasteiger partial charge in [0.05, 0.1) is 0 Å². The minimum Gasteiger partial charge on any atom is -0.0616 e. The van der Waals surface area contributed by atoms with Crippen molar-refractivity contribution in [1.29, 1.82) is 0 Å². The third kappa shape index (κ3) is 3.27. The molecule has 0 aliphatic rings. The summed E-state index contributed by atoms with van der Waals surface area (Å²) in [6, 6.07) is 12.8. The van der Waals surface area contributed by atoms with Crippen molar-refractivity contribution in [2.24, 2.45) is 0 Å². The summed E-state index contributed by atoms with van der Waals surface area (Å²) < 4.78 is 0. The summed E-state index contributed by atoms with van der Waals surface area (Å²) in [5.41, 5.74) is 7.95.